The molecule has 2 nitrogen and oxygen atoms in total. The monoisotopic (exact) mass is 264 g/mol. The number of nitrogens with one attached hydrogen (secondary N) is 2. The molecular weight excluding hydrogens is 244 g/mol. The van der Waals surface area contributed by atoms with E-state index < -0.39 is 0 Å². The second kappa shape index (κ2) is 4.64. The summed E-state index contributed by atoms with van der Waals surface area (Å²) < 4.78 is 0. The summed E-state index contributed by atoms with van der Waals surface area (Å²) in [6.45, 7) is 5.60. The number of hydrogen-bond acceptors (Lipinski definition) is 2. The Balaban J connectivity index is 1.85. The third kappa shape index (κ3) is 1.83. The molecule has 20 heavy (non-hydrogen) atoms. The number of benzene rings is 2. The van der Waals surface area contributed by atoms with E-state index in [1.54, 1.807) is 0 Å². The number of fused-ring (bicyclic) bond motifs is 3. The SMILES string of the molecule is Cc1cc(-c2ccccc2)cc2c1NC[C@@H]1CNC[C@H]21. The molecule has 1 fully saturated rings. The summed E-state index contributed by atoms with van der Waals surface area (Å²) in [5, 5.41) is 7.18. The standard InChI is InChI=1S/C18H20N2/c1-12-7-14(13-5-3-2-4-6-13)8-16-17-11-19-9-15(17)10-20-18(12)16/h2-8,15,17,19-20H,9-11H2,1H3/t15-,17-/m0/s1. The molecule has 0 aromatic heterocycles. The molecule has 0 aliphatic carbocycles. The molecule has 0 spiro atoms. The Bertz CT molecular complexity index is 633. The summed E-state index contributed by atoms with van der Waals surface area (Å²) in [5.41, 5.74) is 6.90. The highest BCUT2D eigenvalue weighted by molar-refractivity contribution is 5.73. The average molecular weight is 264 g/mol. The Morgan fingerprint density at radius 2 is 1.80 bits per heavy atom. The molecule has 0 radical (unpaired) electrons. The second-order valence-corrected chi connectivity index (χ2v) is 6.03. The van der Waals surface area contributed by atoms with Gasteiger partial charge < -0.3 is 10.6 Å². The predicted molar refractivity (Wildman–Crippen MR) is 84.2 cm³/mol. The normalized spacial score (nSPS) is 23.9. The Hall–Kier alpha value is -1.80. The van der Waals surface area contributed by atoms with Crippen LogP contribution in [-0.2, 0) is 0 Å². The molecule has 4 rings (SSSR count). The van der Waals surface area contributed by atoms with Gasteiger partial charge in [-0.3, -0.25) is 0 Å². The third-order valence-corrected chi connectivity index (χ3v) is 4.75. The van der Waals surface area contributed by atoms with Crippen LogP contribution in [0.5, 0.6) is 0 Å². The first-order chi connectivity index (χ1) is 9.83. The molecule has 2 aliphatic rings. The van der Waals surface area contributed by atoms with Crippen molar-refractivity contribution in [1.29, 1.82) is 0 Å². The number of anilines is 1. The molecule has 2 atom stereocenters. The van der Waals surface area contributed by atoms with Gasteiger partial charge in [-0.15, -0.1) is 0 Å². The van der Waals surface area contributed by atoms with Crippen LogP contribution in [0.3, 0.4) is 0 Å². The molecule has 2 heteroatoms. The van der Waals surface area contributed by atoms with Gasteiger partial charge in [0.2, 0.25) is 0 Å². The van der Waals surface area contributed by atoms with Crippen molar-refractivity contribution in [2.75, 3.05) is 25.0 Å². The molecule has 2 aromatic rings. The predicted octanol–water partition coefficient (Wildman–Crippen LogP) is 3.39. The maximum Gasteiger partial charge on any atom is 0.0406 e. The highest BCUT2D eigenvalue weighted by Crippen LogP contribution is 2.41. The van der Waals surface area contributed by atoms with Gasteiger partial charge in [0.05, 0.1) is 0 Å². The minimum absolute atomic E-state index is 0.675. The van der Waals surface area contributed by atoms with E-state index in [1.807, 2.05) is 0 Å². The van der Waals surface area contributed by atoms with Crippen molar-refractivity contribution in [3.63, 3.8) is 0 Å². The number of hydrogen-bond donors (Lipinski definition) is 2. The zero-order valence-corrected chi connectivity index (χ0v) is 11.8. The van der Waals surface area contributed by atoms with Gasteiger partial charge in [-0.1, -0.05) is 30.3 Å². The molecule has 0 bridgehead atoms. The zero-order valence-electron chi connectivity index (χ0n) is 11.8. The molecule has 1 saturated heterocycles. The lowest BCUT2D eigenvalue weighted by atomic mass is 9.82. The van der Waals surface area contributed by atoms with Crippen molar-refractivity contribution in [2.45, 2.75) is 12.8 Å². The zero-order chi connectivity index (χ0) is 13.5. The Kier molecular flexibility index (Phi) is 2.78. The minimum Gasteiger partial charge on any atom is -0.384 e. The van der Waals surface area contributed by atoms with E-state index in [-0.39, 0.29) is 0 Å². The summed E-state index contributed by atoms with van der Waals surface area (Å²) >= 11 is 0. The molecule has 2 N–H and O–H groups in total. The van der Waals surface area contributed by atoms with Crippen LogP contribution in [-0.4, -0.2) is 19.6 Å². The molecule has 102 valence electrons. The van der Waals surface area contributed by atoms with Gasteiger partial charge in [0.1, 0.15) is 0 Å². The van der Waals surface area contributed by atoms with Crippen molar-refractivity contribution in [3.8, 4) is 11.1 Å². The number of rotatable bonds is 1. The van der Waals surface area contributed by atoms with Crippen molar-refractivity contribution in [2.24, 2.45) is 5.92 Å². The van der Waals surface area contributed by atoms with Crippen molar-refractivity contribution in [3.05, 3.63) is 53.6 Å². The van der Waals surface area contributed by atoms with Crippen molar-refractivity contribution < 1.29 is 0 Å². The maximum absolute atomic E-state index is 3.64. The summed E-state index contributed by atoms with van der Waals surface area (Å²) in [5.74, 6) is 1.42. The molecule has 2 aliphatic heterocycles. The molecule has 2 aromatic carbocycles. The first-order valence-corrected chi connectivity index (χ1v) is 7.47. The smallest absolute Gasteiger partial charge is 0.0406 e. The molecule has 0 saturated carbocycles. The fourth-order valence-corrected chi connectivity index (χ4v) is 3.69. The van der Waals surface area contributed by atoms with Crippen LogP contribution < -0.4 is 10.6 Å². The largest absolute Gasteiger partial charge is 0.384 e. The van der Waals surface area contributed by atoms with E-state index in [0.717, 1.165) is 25.6 Å². The van der Waals surface area contributed by atoms with E-state index in [0.29, 0.717) is 5.92 Å². The Labute approximate surface area is 120 Å². The summed E-state index contributed by atoms with van der Waals surface area (Å²) in [6, 6.07) is 15.4. The van der Waals surface area contributed by atoms with Gasteiger partial charge in [-0.05, 0) is 47.2 Å². The Morgan fingerprint density at radius 3 is 2.65 bits per heavy atom. The second-order valence-electron chi connectivity index (χ2n) is 6.03. The fraction of sp³-hybridized carbons (Fsp3) is 0.333. The summed E-state index contributed by atoms with van der Waals surface area (Å²) in [6.07, 6.45) is 0. The van der Waals surface area contributed by atoms with Crippen LogP contribution >= 0.6 is 0 Å². The van der Waals surface area contributed by atoms with Crippen molar-refractivity contribution >= 4 is 5.69 Å². The van der Waals surface area contributed by atoms with E-state index in [4.69, 9.17) is 0 Å². The van der Waals surface area contributed by atoms with Crippen molar-refractivity contribution in [1.82, 2.24) is 5.32 Å². The molecular formula is C18H20N2. The third-order valence-electron chi connectivity index (χ3n) is 4.75. The Morgan fingerprint density at radius 1 is 0.950 bits per heavy atom. The van der Waals surface area contributed by atoms with Crippen LogP contribution in [0.15, 0.2) is 42.5 Å². The maximum atomic E-state index is 3.64. The lowest BCUT2D eigenvalue weighted by Gasteiger charge is -2.30. The van der Waals surface area contributed by atoms with Crippen LogP contribution in [0, 0.1) is 12.8 Å². The quantitative estimate of drug-likeness (QED) is 0.825. The minimum atomic E-state index is 0.675. The van der Waals surface area contributed by atoms with Gasteiger partial charge in [0, 0.05) is 31.2 Å². The van der Waals surface area contributed by atoms with Gasteiger partial charge in [0.15, 0.2) is 0 Å². The molecule has 0 unspecified atom stereocenters. The van der Waals surface area contributed by atoms with Crippen LogP contribution in [0.1, 0.15) is 17.0 Å². The van der Waals surface area contributed by atoms with Crippen LogP contribution in [0.2, 0.25) is 0 Å². The van der Waals surface area contributed by atoms with E-state index in [1.165, 1.54) is 27.9 Å². The highest BCUT2D eigenvalue weighted by Gasteiger charge is 2.34. The molecule has 2 heterocycles. The topological polar surface area (TPSA) is 24.1 Å². The highest BCUT2D eigenvalue weighted by atomic mass is 15.0. The number of aryl methyl sites for hydroxylation is 1. The summed E-state index contributed by atoms with van der Waals surface area (Å²) in [4.78, 5) is 0. The van der Waals surface area contributed by atoms with Gasteiger partial charge in [0.25, 0.3) is 0 Å². The van der Waals surface area contributed by atoms with Gasteiger partial charge >= 0.3 is 0 Å². The van der Waals surface area contributed by atoms with Gasteiger partial charge in [-0.2, -0.15) is 0 Å². The van der Waals surface area contributed by atoms with Crippen LogP contribution in [0.4, 0.5) is 5.69 Å². The van der Waals surface area contributed by atoms with Crippen LogP contribution in [0.25, 0.3) is 11.1 Å². The lowest BCUT2D eigenvalue weighted by Crippen LogP contribution is -2.27. The van der Waals surface area contributed by atoms with E-state index in [9.17, 15) is 0 Å². The summed E-state index contributed by atoms with van der Waals surface area (Å²) in [7, 11) is 0. The van der Waals surface area contributed by atoms with E-state index in [2.05, 4.69) is 60.0 Å². The van der Waals surface area contributed by atoms with Gasteiger partial charge in [-0.25, -0.2) is 0 Å². The average Bonchev–Trinajstić information content (AvgIpc) is 2.97. The van der Waals surface area contributed by atoms with E-state index >= 15 is 0 Å². The molecule has 0 amide bonds. The fourth-order valence-electron chi connectivity index (χ4n) is 3.69. The first-order valence-electron chi connectivity index (χ1n) is 7.47. The first kappa shape index (κ1) is 12.0. The lowest BCUT2D eigenvalue weighted by molar-refractivity contribution is 0.529.